The molecular weight excluding hydrogens is 590 g/mol. The van der Waals surface area contributed by atoms with Gasteiger partial charge >= 0.3 is 24.3 Å². The second-order valence-electron chi connectivity index (χ2n) is 8.69. The molecule has 228 valence electrons. The van der Waals surface area contributed by atoms with Crippen molar-refractivity contribution in [3.05, 3.63) is 64.2 Å². The van der Waals surface area contributed by atoms with Crippen molar-refractivity contribution in [2.24, 2.45) is 0 Å². The van der Waals surface area contributed by atoms with Crippen LogP contribution in [-0.2, 0) is 9.59 Å². The molecule has 2 aliphatic heterocycles. The number of carboxylic acids is 2. The van der Waals surface area contributed by atoms with Crippen LogP contribution < -0.4 is 18.9 Å². The van der Waals surface area contributed by atoms with Crippen LogP contribution >= 0.6 is 0 Å². The quantitative estimate of drug-likeness (QED) is 0.313. The molecule has 0 aliphatic carbocycles. The minimum Gasteiger partial charge on any atom is -0.496 e. The molecule has 4 rings (SSSR count). The van der Waals surface area contributed by atoms with Crippen LogP contribution in [-0.4, -0.2) is 60.9 Å². The molecule has 0 bridgehead atoms. The lowest BCUT2D eigenvalue weighted by Crippen LogP contribution is -2.40. The van der Waals surface area contributed by atoms with Crippen molar-refractivity contribution in [3.8, 4) is 34.8 Å². The molecule has 2 aromatic rings. The molecule has 0 fully saturated rings. The zero-order valence-electron chi connectivity index (χ0n) is 22.5. The number of hydrogen-bond acceptors (Lipinski definition) is 6. The van der Waals surface area contributed by atoms with Gasteiger partial charge < -0.3 is 29.2 Å². The van der Waals surface area contributed by atoms with Gasteiger partial charge in [-0.3, -0.25) is 0 Å². The molecule has 2 heterocycles. The number of fused-ring (bicyclic) bond motifs is 2. The first kappa shape index (κ1) is 32.5. The zero-order valence-corrected chi connectivity index (χ0v) is 22.5. The van der Waals surface area contributed by atoms with Crippen LogP contribution in [0.1, 0.15) is 29.2 Å². The molecule has 0 amide bonds. The standard InChI is InChI=1S/C15H11F3O4.C14H11F3O4/c1-3-4-8-5-9-6-10(14(19)20)13(15(16,17)18)22-12(9)7-11(8)21-2;1-3-7-4-8-5-9(13(18)19)12(14(15,16)17)21-11(8)6-10(7)20-2/h5-7,13H,1-2H3,(H,19,20);3-6,12H,1H2,2H3,(H,18,19). The summed E-state index contributed by atoms with van der Waals surface area (Å²) in [6, 6.07) is 5.43. The van der Waals surface area contributed by atoms with Crippen molar-refractivity contribution in [2.45, 2.75) is 31.5 Å². The van der Waals surface area contributed by atoms with Crippen molar-refractivity contribution in [3.63, 3.8) is 0 Å². The number of carbonyl (C=O) groups is 2. The Bertz CT molecular complexity index is 1570. The van der Waals surface area contributed by atoms with Gasteiger partial charge in [-0.1, -0.05) is 18.6 Å². The number of methoxy groups -OCH3 is 2. The van der Waals surface area contributed by atoms with Gasteiger partial charge in [0.05, 0.1) is 30.9 Å². The normalized spacial score (nSPS) is 17.0. The molecule has 8 nitrogen and oxygen atoms in total. The largest absolute Gasteiger partial charge is 0.496 e. The lowest BCUT2D eigenvalue weighted by molar-refractivity contribution is -0.187. The Labute approximate surface area is 240 Å². The fourth-order valence-electron chi connectivity index (χ4n) is 4.04. The average molecular weight is 612 g/mol. The number of rotatable bonds is 5. The van der Waals surface area contributed by atoms with E-state index in [2.05, 4.69) is 18.4 Å². The highest BCUT2D eigenvalue weighted by molar-refractivity contribution is 5.96. The van der Waals surface area contributed by atoms with Crippen LogP contribution in [0.2, 0.25) is 0 Å². The van der Waals surface area contributed by atoms with Crippen LogP contribution in [0, 0.1) is 11.8 Å². The molecular formula is C29H22F6O8. The maximum atomic E-state index is 12.9. The van der Waals surface area contributed by atoms with E-state index < -0.39 is 47.6 Å². The third-order valence-corrected chi connectivity index (χ3v) is 5.94. The maximum absolute atomic E-state index is 12.9. The third kappa shape index (κ3) is 7.06. The van der Waals surface area contributed by atoms with Gasteiger partial charge in [-0.15, -0.1) is 5.92 Å². The fraction of sp³-hybridized carbons (Fsp3) is 0.241. The smallest absolute Gasteiger partial charge is 0.430 e. The first-order chi connectivity index (χ1) is 20.0. The van der Waals surface area contributed by atoms with Gasteiger partial charge in [-0.25, -0.2) is 9.59 Å². The summed E-state index contributed by atoms with van der Waals surface area (Å²) in [6.45, 7) is 5.15. The van der Waals surface area contributed by atoms with Gasteiger partial charge in [-0.2, -0.15) is 26.3 Å². The monoisotopic (exact) mass is 612 g/mol. The fourth-order valence-corrected chi connectivity index (χ4v) is 4.04. The lowest BCUT2D eigenvalue weighted by atomic mass is 9.99. The first-order valence-corrected chi connectivity index (χ1v) is 11.9. The Morgan fingerprint density at radius 1 is 0.837 bits per heavy atom. The van der Waals surface area contributed by atoms with Gasteiger partial charge in [-0.05, 0) is 31.2 Å². The number of alkyl halides is 6. The number of aliphatic carboxylic acids is 2. The van der Waals surface area contributed by atoms with E-state index in [1.807, 2.05) is 0 Å². The molecule has 2 N–H and O–H groups in total. The van der Waals surface area contributed by atoms with E-state index in [-0.39, 0.29) is 34.1 Å². The number of hydrogen-bond donors (Lipinski definition) is 2. The summed E-state index contributed by atoms with van der Waals surface area (Å²) < 4.78 is 97.3. The van der Waals surface area contributed by atoms with Crippen molar-refractivity contribution >= 4 is 30.2 Å². The molecule has 0 saturated heterocycles. The van der Waals surface area contributed by atoms with E-state index in [9.17, 15) is 35.9 Å². The second-order valence-corrected chi connectivity index (χ2v) is 8.69. The van der Waals surface area contributed by atoms with Crippen LogP contribution in [0.5, 0.6) is 23.0 Å². The summed E-state index contributed by atoms with van der Waals surface area (Å²) in [4.78, 5) is 22.1. The van der Waals surface area contributed by atoms with Crippen molar-refractivity contribution in [1.82, 2.24) is 0 Å². The Hall–Kier alpha value is -5.06. The van der Waals surface area contributed by atoms with Gasteiger partial charge in [0.15, 0.2) is 0 Å². The van der Waals surface area contributed by atoms with E-state index in [0.717, 1.165) is 12.2 Å². The van der Waals surface area contributed by atoms with Crippen LogP contribution in [0.3, 0.4) is 0 Å². The van der Waals surface area contributed by atoms with E-state index >= 15 is 0 Å². The lowest BCUT2D eigenvalue weighted by Gasteiger charge is -2.27. The van der Waals surface area contributed by atoms with Gasteiger partial charge in [0, 0.05) is 28.8 Å². The molecule has 0 saturated carbocycles. The summed E-state index contributed by atoms with van der Waals surface area (Å²) in [6.07, 6.45) is -11.4. The number of ether oxygens (including phenoxy) is 4. The van der Waals surface area contributed by atoms with Crippen molar-refractivity contribution in [1.29, 1.82) is 0 Å². The van der Waals surface area contributed by atoms with E-state index in [1.165, 1.54) is 44.6 Å². The predicted octanol–water partition coefficient (Wildman–Crippen LogP) is 5.99. The summed E-state index contributed by atoms with van der Waals surface area (Å²) >= 11 is 0. The van der Waals surface area contributed by atoms with Crippen molar-refractivity contribution < 1.29 is 65.1 Å². The summed E-state index contributed by atoms with van der Waals surface area (Å²) in [7, 11) is 2.71. The Kier molecular flexibility index (Phi) is 9.39. The second kappa shape index (κ2) is 12.4. The molecule has 14 heteroatoms. The number of benzene rings is 2. The average Bonchev–Trinajstić information content (AvgIpc) is 2.94. The van der Waals surface area contributed by atoms with Gasteiger partial charge in [0.25, 0.3) is 0 Å². The zero-order chi connectivity index (χ0) is 32.3. The van der Waals surface area contributed by atoms with E-state index in [0.29, 0.717) is 11.1 Å². The van der Waals surface area contributed by atoms with Crippen molar-refractivity contribution in [2.75, 3.05) is 14.2 Å². The molecule has 0 aromatic heterocycles. The minimum atomic E-state index is -4.84. The van der Waals surface area contributed by atoms with Crippen LogP contribution in [0.4, 0.5) is 26.3 Å². The van der Waals surface area contributed by atoms with Gasteiger partial charge in [0.1, 0.15) is 23.0 Å². The van der Waals surface area contributed by atoms with Crippen LogP contribution in [0.25, 0.3) is 18.2 Å². The maximum Gasteiger partial charge on any atom is 0.430 e. The predicted molar refractivity (Wildman–Crippen MR) is 141 cm³/mol. The topological polar surface area (TPSA) is 112 Å². The summed E-state index contributed by atoms with van der Waals surface area (Å²) in [5, 5.41) is 17.9. The first-order valence-electron chi connectivity index (χ1n) is 11.9. The molecule has 0 spiro atoms. The van der Waals surface area contributed by atoms with Gasteiger partial charge in [0.2, 0.25) is 12.2 Å². The SMILES string of the molecule is C=Cc1cc2c(cc1OC)OC(C(F)(F)F)C(C(=O)O)=C2.CC#Cc1cc2c(cc1OC)OC(C(F)(F)F)C(C(=O)O)=C2. The summed E-state index contributed by atoms with van der Waals surface area (Å²) in [5.41, 5.74) is -0.360. The minimum absolute atomic E-state index is 0.0928. The number of carboxylic acid groups (broad SMARTS) is 2. The summed E-state index contributed by atoms with van der Waals surface area (Å²) in [5.74, 6) is 2.35. The molecule has 2 unspecified atom stereocenters. The van der Waals surface area contributed by atoms with E-state index in [1.54, 1.807) is 6.92 Å². The highest BCUT2D eigenvalue weighted by atomic mass is 19.4. The molecule has 0 radical (unpaired) electrons. The highest BCUT2D eigenvalue weighted by Crippen LogP contribution is 2.41. The van der Waals surface area contributed by atoms with Crippen LogP contribution in [0.15, 0.2) is 42.0 Å². The Balaban J connectivity index is 0.000000236. The highest BCUT2D eigenvalue weighted by Gasteiger charge is 2.49. The van der Waals surface area contributed by atoms with E-state index in [4.69, 9.17) is 29.2 Å². The Morgan fingerprint density at radius 2 is 1.28 bits per heavy atom. The molecule has 43 heavy (non-hydrogen) atoms. The third-order valence-electron chi connectivity index (χ3n) is 5.94. The molecule has 2 atom stereocenters. The molecule has 2 aromatic carbocycles. The Morgan fingerprint density at radius 3 is 1.65 bits per heavy atom. The molecule has 2 aliphatic rings. The number of halogens is 6.